The summed E-state index contributed by atoms with van der Waals surface area (Å²) >= 11 is 0. The predicted molar refractivity (Wildman–Crippen MR) is 122 cm³/mol. The summed E-state index contributed by atoms with van der Waals surface area (Å²) in [6.45, 7) is 2.77. The molecule has 2 aromatic heterocycles. The van der Waals surface area contributed by atoms with Gasteiger partial charge in [0, 0.05) is 48.7 Å². The minimum absolute atomic E-state index is 0.103. The van der Waals surface area contributed by atoms with Gasteiger partial charge in [0.25, 0.3) is 0 Å². The van der Waals surface area contributed by atoms with Crippen LogP contribution in [0.3, 0.4) is 0 Å². The maximum absolute atomic E-state index is 14.5. The summed E-state index contributed by atoms with van der Waals surface area (Å²) < 4.78 is 34.6. The lowest BCUT2D eigenvalue weighted by atomic mass is 9.98. The van der Waals surface area contributed by atoms with E-state index in [1.54, 1.807) is 18.5 Å². The molecule has 1 unspecified atom stereocenters. The minimum Gasteiger partial charge on any atom is -0.486 e. The molecule has 0 spiro atoms. The molecule has 33 heavy (non-hydrogen) atoms. The van der Waals surface area contributed by atoms with Gasteiger partial charge in [-0.25, -0.2) is 14.4 Å². The van der Waals surface area contributed by atoms with Gasteiger partial charge in [0.1, 0.15) is 12.3 Å². The van der Waals surface area contributed by atoms with Crippen molar-refractivity contribution in [1.82, 2.24) is 15.0 Å². The largest absolute Gasteiger partial charge is 0.486 e. The van der Waals surface area contributed by atoms with Gasteiger partial charge in [-0.05, 0) is 24.6 Å². The standard InChI is InChI=1S/C26H22F2N4O/c1-17-20-15-30-26(23-9-5-6-11-29-23)31-22(20)10-12-32(17)19-13-21(27)25(28)24(14-19)33-16-18-7-3-2-4-8-18/h2-9,11,13-15,17H,10,12,16H2,1H3. The molecule has 5 nitrogen and oxygen atoms in total. The zero-order valence-electron chi connectivity index (χ0n) is 18.1. The van der Waals surface area contributed by atoms with Crippen LogP contribution >= 0.6 is 0 Å². The Bertz CT molecular complexity index is 1270. The first-order valence-electron chi connectivity index (χ1n) is 10.8. The van der Waals surface area contributed by atoms with Gasteiger partial charge in [0.05, 0.1) is 11.7 Å². The zero-order valence-corrected chi connectivity index (χ0v) is 18.1. The van der Waals surface area contributed by atoms with Crippen LogP contribution in [-0.2, 0) is 13.0 Å². The molecule has 166 valence electrons. The smallest absolute Gasteiger partial charge is 0.200 e. The van der Waals surface area contributed by atoms with Crippen LogP contribution in [0.4, 0.5) is 14.5 Å². The molecule has 1 aliphatic rings. The summed E-state index contributed by atoms with van der Waals surface area (Å²) in [4.78, 5) is 15.5. The highest BCUT2D eigenvalue weighted by atomic mass is 19.2. The monoisotopic (exact) mass is 444 g/mol. The molecule has 0 amide bonds. The van der Waals surface area contributed by atoms with E-state index in [0.717, 1.165) is 22.5 Å². The number of hydrogen-bond donors (Lipinski definition) is 0. The second-order valence-electron chi connectivity index (χ2n) is 7.94. The van der Waals surface area contributed by atoms with Gasteiger partial charge in [-0.2, -0.15) is 4.39 Å². The van der Waals surface area contributed by atoms with Gasteiger partial charge >= 0.3 is 0 Å². The number of aromatic nitrogens is 3. The Morgan fingerprint density at radius 1 is 1.03 bits per heavy atom. The lowest BCUT2D eigenvalue weighted by Gasteiger charge is -2.36. The molecule has 1 aliphatic heterocycles. The lowest BCUT2D eigenvalue weighted by molar-refractivity contribution is 0.284. The fourth-order valence-electron chi connectivity index (χ4n) is 4.09. The minimum atomic E-state index is -0.983. The highest BCUT2D eigenvalue weighted by Crippen LogP contribution is 2.36. The van der Waals surface area contributed by atoms with Crippen LogP contribution in [0.2, 0.25) is 0 Å². The van der Waals surface area contributed by atoms with Crippen molar-refractivity contribution in [2.75, 3.05) is 11.4 Å². The second kappa shape index (κ2) is 8.94. The molecular weight excluding hydrogens is 422 g/mol. The van der Waals surface area contributed by atoms with Crippen molar-refractivity contribution in [3.8, 4) is 17.3 Å². The topological polar surface area (TPSA) is 51.1 Å². The van der Waals surface area contributed by atoms with Crippen molar-refractivity contribution < 1.29 is 13.5 Å². The van der Waals surface area contributed by atoms with E-state index < -0.39 is 11.6 Å². The van der Waals surface area contributed by atoms with Gasteiger partial charge in [0.2, 0.25) is 5.82 Å². The predicted octanol–water partition coefficient (Wildman–Crippen LogP) is 5.52. The van der Waals surface area contributed by atoms with E-state index in [1.165, 1.54) is 6.07 Å². The van der Waals surface area contributed by atoms with Crippen LogP contribution in [0.25, 0.3) is 11.5 Å². The molecule has 1 atom stereocenters. The Morgan fingerprint density at radius 3 is 2.64 bits per heavy atom. The van der Waals surface area contributed by atoms with Crippen molar-refractivity contribution in [1.29, 1.82) is 0 Å². The molecule has 2 aromatic carbocycles. The van der Waals surface area contributed by atoms with E-state index in [-0.39, 0.29) is 18.4 Å². The van der Waals surface area contributed by atoms with Crippen LogP contribution in [-0.4, -0.2) is 21.5 Å². The molecule has 7 heteroatoms. The summed E-state index contributed by atoms with van der Waals surface area (Å²) in [5.41, 5.74) is 4.05. The number of benzene rings is 2. The third-order valence-electron chi connectivity index (χ3n) is 5.85. The first-order valence-corrected chi connectivity index (χ1v) is 10.8. The van der Waals surface area contributed by atoms with Crippen LogP contribution in [0.15, 0.2) is 73.1 Å². The molecule has 0 N–H and O–H groups in total. The van der Waals surface area contributed by atoms with Gasteiger partial charge in [-0.3, -0.25) is 4.98 Å². The number of ether oxygens (including phenoxy) is 1. The number of halogens is 2. The van der Waals surface area contributed by atoms with Crippen LogP contribution in [0, 0.1) is 11.6 Å². The van der Waals surface area contributed by atoms with E-state index in [9.17, 15) is 8.78 Å². The van der Waals surface area contributed by atoms with Gasteiger partial charge in [0.15, 0.2) is 17.4 Å². The number of hydrogen-bond acceptors (Lipinski definition) is 5. The van der Waals surface area contributed by atoms with Crippen molar-refractivity contribution in [3.63, 3.8) is 0 Å². The van der Waals surface area contributed by atoms with Gasteiger partial charge in [-0.15, -0.1) is 0 Å². The van der Waals surface area contributed by atoms with E-state index in [4.69, 9.17) is 9.72 Å². The average molecular weight is 444 g/mol. The molecular formula is C26H22F2N4O. The fourth-order valence-corrected chi connectivity index (χ4v) is 4.09. The fraction of sp³-hybridized carbons (Fsp3) is 0.192. The van der Waals surface area contributed by atoms with Gasteiger partial charge < -0.3 is 9.64 Å². The lowest BCUT2D eigenvalue weighted by Crippen LogP contribution is -2.35. The number of anilines is 1. The number of nitrogens with zero attached hydrogens (tertiary/aromatic N) is 4. The molecule has 5 rings (SSSR count). The van der Waals surface area contributed by atoms with E-state index in [2.05, 4.69) is 9.97 Å². The number of pyridine rings is 1. The third kappa shape index (κ3) is 4.26. The summed E-state index contributed by atoms with van der Waals surface area (Å²) in [7, 11) is 0. The Hall–Kier alpha value is -3.87. The second-order valence-corrected chi connectivity index (χ2v) is 7.94. The average Bonchev–Trinajstić information content (AvgIpc) is 2.86. The van der Waals surface area contributed by atoms with Crippen LogP contribution in [0.1, 0.15) is 29.8 Å². The maximum Gasteiger partial charge on any atom is 0.200 e. The van der Waals surface area contributed by atoms with Crippen molar-refractivity contribution in [2.24, 2.45) is 0 Å². The van der Waals surface area contributed by atoms with Crippen molar-refractivity contribution in [2.45, 2.75) is 26.0 Å². The maximum atomic E-state index is 14.5. The van der Waals surface area contributed by atoms with Gasteiger partial charge in [-0.1, -0.05) is 36.4 Å². The van der Waals surface area contributed by atoms with Crippen molar-refractivity contribution in [3.05, 3.63) is 102 Å². The molecule has 0 saturated carbocycles. The Balaban J connectivity index is 1.40. The summed E-state index contributed by atoms with van der Waals surface area (Å²) in [6, 6.07) is 17.7. The summed E-state index contributed by atoms with van der Waals surface area (Å²) in [5, 5.41) is 0. The molecule has 0 aliphatic carbocycles. The molecule has 0 radical (unpaired) electrons. The zero-order chi connectivity index (χ0) is 22.8. The first-order chi connectivity index (χ1) is 16.1. The Labute approximate surface area is 190 Å². The van der Waals surface area contributed by atoms with Crippen LogP contribution in [0.5, 0.6) is 5.75 Å². The quantitative estimate of drug-likeness (QED) is 0.406. The normalized spacial score (nSPS) is 15.2. The molecule has 4 aromatic rings. The van der Waals surface area contributed by atoms with Crippen molar-refractivity contribution >= 4 is 5.69 Å². The van der Waals surface area contributed by atoms with E-state index >= 15 is 0 Å². The highest BCUT2D eigenvalue weighted by molar-refractivity contribution is 5.56. The third-order valence-corrected chi connectivity index (χ3v) is 5.85. The van der Waals surface area contributed by atoms with E-state index in [0.29, 0.717) is 24.5 Å². The van der Waals surface area contributed by atoms with E-state index in [1.807, 2.05) is 60.4 Å². The molecule has 0 bridgehead atoms. The molecule has 0 fully saturated rings. The highest BCUT2D eigenvalue weighted by Gasteiger charge is 2.28. The first kappa shape index (κ1) is 21.0. The number of fused-ring (bicyclic) bond motifs is 1. The summed E-state index contributed by atoms with van der Waals surface area (Å²) in [6.07, 6.45) is 4.17. The Morgan fingerprint density at radius 2 is 1.85 bits per heavy atom. The Kier molecular flexibility index (Phi) is 5.69. The molecule has 3 heterocycles. The summed E-state index contributed by atoms with van der Waals surface area (Å²) in [5.74, 6) is -1.44. The molecule has 0 saturated heterocycles. The van der Waals surface area contributed by atoms with Crippen LogP contribution < -0.4 is 9.64 Å². The number of rotatable bonds is 5. The SMILES string of the molecule is CC1c2cnc(-c3ccccn3)nc2CCN1c1cc(F)c(F)c(OCc2ccccc2)c1.